The second-order valence-electron chi connectivity index (χ2n) is 4.31. The van der Waals surface area contributed by atoms with E-state index in [1.165, 1.54) is 30.8 Å². The number of aromatic nitrogens is 2. The van der Waals surface area contributed by atoms with E-state index in [2.05, 4.69) is 26.4 Å². The van der Waals surface area contributed by atoms with Crippen molar-refractivity contribution in [1.82, 2.24) is 9.36 Å². The van der Waals surface area contributed by atoms with Crippen LogP contribution < -0.4 is 4.90 Å². The normalized spacial score (nSPS) is 16.1. The predicted molar refractivity (Wildman–Crippen MR) is 71.4 cm³/mol. The fourth-order valence-electron chi connectivity index (χ4n) is 2.13. The number of rotatable bonds is 2. The molecule has 0 saturated carbocycles. The maximum atomic E-state index is 4.64. The number of benzene rings is 1. The molecule has 0 N–H and O–H groups in total. The lowest BCUT2D eigenvalue weighted by Gasteiger charge is -2.25. The minimum Gasteiger partial charge on any atom is -0.347 e. The number of nitrogens with zero attached hydrogens (tertiary/aromatic N) is 3. The summed E-state index contributed by atoms with van der Waals surface area (Å²) in [5.74, 6) is 0.858. The van der Waals surface area contributed by atoms with Crippen molar-refractivity contribution in [3.8, 4) is 11.4 Å². The fraction of sp³-hybridized carbons (Fsp3) is 0.385. The highest BCUT2D eigenvalue weighted by Gasteiger charge is 2.15. The Bertz CT molecular complexity index is 474. The highest BCUT2D eigenvalue weighted by Crippen LogP contribution is 2.25. The molecule has 0 amide bonds. The Morgan fingerprint density at radius 1 is 1.00 bits per heavy atom. The average Bonchev–Trinajstić information content (AvgIpc) is 2.90. The van der Waals surface area contributed by atoms with Gasteiger partial charge in [-0.1, -0.05) is 30.3 Å². The first-order chi connectivity index (χ1) is 8.43. The highest BCUT2D eigenvalue weighted by molar-refractivity contribution is 7.09. The van der Waals surface area contributed by atoms with Gasteiger partial charge in [0.15, 0.2) is 5.82 Å². The first-order valence-electron chi connectivity index (χ1n) is 6.07. The van der Waals surface area contributed by atoms with Gasteiger partial charge in [-0.3, -0.25) is 0 Å². The topological polar surface area (TPSA) is 29.0 Å². The maximum Gasteiger partial charge on any atom is 0.205 e. The molecule has 17 heavy (non-hydrogen) atoms. The summed E-state index contributed by atoms with van der Waals surface area (Å²) in [6.45, 7) is 2.26. The van der Waals surface area contributed by atoms with Crippen molar-refractivity contribution in [3.05, 3.63) is 30.3 Å². The second kappa shape index (κ2) is 4.84. The van der Waals surface area contributed by atoms with Gasteiger partial charge in [-0.25, -0.2) is 0 Å². The third-order valence-electron chi connectivity index (χ3n) is 3.07. The predicted octanol–water partition coefficient (Wildman–Crippen LogP) is 3.20. The molecule has 2 aromatic rings. The smallest absolute Gasteiger partial charge is 0.205 e. The van der Waals surface area contributed by atoms with Crippen molar-refractivity contribution < 1.29 is 0 Å². The van der Waals surface area contributed by atoms with Crippen molar-refractivity contribution in [2.45, 2.75) is 19.3 Å². The molecule has 0 aliphatic carbocycles. The summed E-state index contributed by atoms with van der Waals surface area (Å²) in [6, 6.07) is 10.2. The van der Waals surface area contributed by atoms with Crippen LogP contribution in [-0.2, 0) is 0 Å². The minimum atomic E-state index is 0.858. The molecule has 88 valence electrons. The molecule has 3 rings (SSSR count). The molecule has 1 saturated heterocycles. The molecule has 0 radical (unpaired) electrons. The zero-order valence-corrected chi connectivity index (χ0v) is 10.5. The maximum absolute atomic E-state index is 4.64. The first-order valence-corrected chi connectivity index (χ1v) is 6.85. The van der Waals surface area contributed by atoms with Crippen molar-refractivity contribution >= 4 is 16.7 Å². The van der Waals surface area contributed by atoms with Crippen LogP contribution in [0.15, 0.2) is 30.3 Å². The van der Waals surface area contributed by atoms with Crippen LogP contribution in [0.25, 0.3) is 11.4 Å². The van der Waals surface area contributed by atoms with Crippen LogP contribution in [-0.4, -0.2) is 22.4 Å². The Balaban J connectivity index is 1.83. The second-order valence-corrected chi connectivity index (χ2v) is 5.04. The van der Waals surface area contributed by atoms with Gasteiger partial charge in [0.1, 0.15) is 0 Å². The summed E-state index contributed by atoms with van der Waals surface area (Å²) in [7, 11) is 0. The Labute approximate surface area is 105 Å². The molecule has 1 fully saturated rings. The van der Waals surface area contributed by atoms with E-state index in [9.17, 15) is 0 Å². The first kappa shape index (κ1) is 10.7. The Hall–Kier alpha value is -1.42. The molecule has 3 nitrogen and oxygen atoms in total. The van der Waals surface area contributed by atoms with Crippen molar-refractivity contribution in [2.75, 3.05) is 18.0 Å². The third-order valence-corrected chi connectivity index (χ3v) is 3.85. The molecule has 0 unspecified atom stereocenters. The molecule has 0 atom stereocenters. The molecule has 0 bridgehead atoms. The van der Waals surface area contributed by atoms with Gasteiger partial charge >= 0.3 is 0 Å². The van der Waals surface area contributed by atoms with Crippen LogP contribution in [0.2, 0.25) is 0 Å². The summed E-state index contributed by atoms with van der Waals surface area (Å²) in [5.41, 5.74) is 1.10. The van der Waals surface area contributed by atoms with Crippen LogP contribution in [0.4, 0.5) is 5.13 Å². The molecule has 1 aromatic carbocycles. The zero-order valence-electron chi connectivity index (χ0n) is 9.67. The van der Waals surface area contributed by atoms with Crippen LogP contribution in [0.1, 0.15) is 19.3 Å². The van der Waals surface area contributed by atoms with E-state index < -0.39 is 0 Å². The number of hydrogen-bond acceptors (Lipinski definition) is 4. The van der Waals surface area contributed by atoms with Crippen LogP contribution in [0.3, 0.4) is 0 Å². The number of piperidine rings is 1. The molecule has 4 heteroatoms. The van der Waals surface area contributed by atoms with E-state index in [0.29, 0.717) is 0 Å². The van der Waals surface area contributed by atoms with Gasteiger partial charge in [0.25, 0.3) is 0 Å². The quantitative estimate of drug-likeness (QED) is 0.813. The van der Waals surface area contributed by atoms with Gasteiger partial charge in [0.05, 0.1) is 0 Å². The summed E-state index contributed by atoms with van der Waals surface area (Å²) in [5, 5.41) is 1.07. The van der Waals surface area contributed by atoms with E-state index in [-0.39, 0.29) is 0 Å². The highest BCUT2D eigenvalue weighted by atomic mass is 32.1. The lowest BCUT2D eigenvalue weighted by atomic mass is 10.1. The summed E-state index contributed by atoms with van der Waals surface area (Å²) in [4.78, 5) is 6.99. The lowest BCUT2D eigenvalue weighted by Crippen LogP contribution is -2.29. The molecule has 2 heterocycles. The Morgan fingerprint density at radius 2 is 1.76 bits per heavy atom. The average molecular weight is 245 g/mol. The van der Waals surface area contributed by atoms with Crippen molar-refractivity contribution in [2.24, 2.45) is 0 Å². The SMILES string of the molecule is c1ccc(-c2nsc(N3CCCCC3)n2)cc1. The van der Waals surface area contributed by atoms with Gasteiger partial charge in [-0.05, 0) is 19.3 Å². The van der Waals surface area contributed by atoms with Crippen molar-refractivity contribution in [3.63, 3.8) is 0 Å². The van der Waals surface area contributed by atoms with Gasteiger partial charge in [0, 0.05) is 30.2 Å². The summed E-state index contributed by atoms with van der Waals surface area (Å²) < 4.78 is 4.45. The molecular formula is C13H15N3S. The molecule has 1 aromatic heterocycles. The molecule has 0 spiro atoms. The Kier molecular flexibility index (Phi) is 3.05. The minimum absolute atomic E-state index is 0.858. The van der Waals surface area contributed by atoms with E-state index in [0.717, 1.165) is 29.6 Å². The van der Waals surface area contributed by atoms with Crippen molar-refractivity contribution in [1.29, 1.82) is 0 Å². The fourth-order valence-corrected chi connectivity index (χ4v) is 2.87. The number of anilines is 1. The van der Waals surface area contributed by atoms with Crippen LogP contribution in [0.5, 0.6) is 0 Å². The van der Waals surface area contributed by atoms with E-state index in [4.69, 9.17) is 0 Å². The largest absolute Gasteiger partial charge is 0.347 e. The molecular weight excluding hydrogens is 230 g/mol. The van der Waals surface area contributed by atoms with Gasteiger partial charge < -0.3 is 4.90 Å². The monoisotopic (exact) mass is 245 g/mol. The Morgan fingerprint density at radius 3 is 2.53 bits per heavy atom. The molecule has 1 aliphatic rings. The molecule has 1 aliphatic heterocycles. The standard InChI is InChI=1S/C13H15N3S/c1-3-7-11(8-4-1)12-14-13(17-15-12)16-9-5-2-6-10-16/h1,3-4,7-8H,2,5-6,9-10H2. The van der Waals surface area contributed by atoms with Crippen LogP contribution >= 0.6 is 11.5 Å². The van der Waals surface area contributed by atoms with Gasteiger partial charge in [0.2, 0.25) is 5.13 Å². The van der Waals surface area contributed by atoms with Gasteiger partial charge in [-0.15, -0.1) is 0 Å². The zero-order chi connectivity index (χ0) is 11.5. The lowest BCUT2D eigenvalue weighted by molar-refractivity contribution is 0.577. The van der Waals surface area contributed by atoms with E-state index >= 15 is 0 Å². The summed E-state index contributed by atoms with van der Waals surface area (Å²) >= 11 is 1.52. The van der Waals surface area contributed by atoms with E-state index in [1.54, 1.807) is 0 Å². The van der Waals surface area contributed by atoms with E-state index in [1.807, 2.05) is 18.2 Å². The van der Waals surface area contributed by atoms with Gasteiger partial charge in [-0.2, -0.15) is 9.36 Å². The summed E-state index contributed by atoms with van der Waals surface area (Å²) in [6.07, 6.45) is 3.90. The number of hydrogen-bond donors (Lipinski definition) is 0. The third kappa shape index (κ3) is 2.31. The van der Waals surface area contributed by atoms with Crippen LogP contribution in [0, 0.1) is 0 Å².